The third-order valence-corrected chi connectivity index (χ3v) is 5.60. The molecule has 3 rings (SSSR count). The van der Waals surface area contributed by atoms with Crippen LogP contribution >= 0.6 is 0 Å². The minimum atomic E-state index is -5.12. The maximum atomic E-state index is 11.7. The van der Waals surface area contributed by atoms with Gasteiger partial charge in [0, 0.05) is 5.39 Å². The van der Waals surface area contributed by atoms with Crippen LogP contribution in [0.1, 0.15) is 0 Å². The van der Waals surface area contributed by atoms with E-state index in [0.717, 1.165) is 24.3 Å². The van der Waals surface area contributed by atoms with Crippen molar-refractivity contribution in [3.05, 3.63) is 48.5 Å². The van der Waals surface area contributed by atoms with Crippen LogP contribution < -0.4 is 63.9 Å². The molecule has 0 aliphatic rings. The van der Waals surface area contributed by atoms with Crippen LogP contribution in [0.5, 0.6) is 11.5 Å². The number of nitrogens with zero attached hydrogens (tertiary/aromatic N) is 2. The van der Waals surface area contributed by atoms with Crippen LogP contribution in [0, 0.1) is 0 Å². The smallest absolute Gasteiger partial charge is 0.744 e. The molecule has 152 valence electrons. The Morgan fingerprint density at radius 3 is 2.00 bits per heavy atom. The Balaban J connectivity index is 0.00000240. The number of phenols is 1. The average molecular weight is 482 g/mol. The van der Waals surface area contributed by atoms with Crippen molar-refractivity contribution < 1.29 is 94.9 Å². The number of hydrogen-bond acceptors (Lipinski definition) is 10. The zero-order valence-corrected chi connectivity index (χ0v) is 22.3. The maximum absolute atomic E-state index is 11.7. The fourth-order valence-electron chi connectivity index (χ4n) is 2.53. The van der Waals surface area contributed by atoms with Crippen LogP contribution in [-0.4, -0.2) is 38.2 Å². The fraction of sp³-hybridized carbons (Fsp3) is 0.0588. The van der Waals surface area contributed by atoms with Crippen molar-refractivity contribution in [3.8, 4) is 11.5 Å². The van der Waals surface area contributed by atoms with E-state index in [1.165, 1.54) is 19.2 Å². The van der Waals surface area contributed by atoms with Crippen LogP contribution in [0.25, 0.3) is 10.8 Å². The van der Waals surface area contributed by atoms with E-state index in [1.54, 1.807) is 12.1 Å². The van der Waals surface area contributed by atoms with Crippen LogP contribution in [-0.2, 0) is 20.2 Å². The summed E-state index contributed by atoms with van der Waals surface area (Å²) in [4.78, 5) is -1.56. The molecule has 0 spiro atoms. The number of phenolic OH excluding ortho intramolecular Hbond substituents is 1. The van der Waals surface area contributed by atoms with Gasteiger partial charge >= 0.3 is 59.1 Å². The molecule has 0 radical (unpaired) electrons. The average Bonchev–Trinajstić information content (AvgIpc) is 2.65. The van der Waals surface area contributed by atoms with Gasteiger partial charge < -0.3 is 18.9 Å². The zero-order valence-electron chi connectivity index (χ0n) is 16.6. The molecule has 0 atom stereocenters. The zero-order chi connectivity index (χ0) is 21.4. The van der Waals surface area contributed by atoms with Gasteiger partial charge in [-0.25, -0.2) is 16.8 Å². The van der Waals surface area contributed by atoms with Gasteiger partial charge in [0.2, 0.25) is 0 Å². The van der Waals surface area contributed by atoms with Crippen LogP contribution in [0.3, 0.4) is 0 Å². The number of methoxy groups -OCH3 is 1. The first kappa shape index (κ1) is 28.0. The molecule has 0 aliphatic carbocycles. The predicted octanol–water partition coefficient (Wildman–Crippen LogP) is -3.21. The second-order valence-electron chi connectivity index (χ2n) is 5.76. The summed E-state index contributed by atoms with van der Waals surface area (Å²) in [6.45, 7) is 0. The normalized spacial score (nSPS) is 11.7. The van der Waals surface area contributed by atoms with Crippen LogP contribution in [0.4, 0.5) is 11.4 Å². The first-order valence-electron chi connectivity index (χ1n) is 7.78. The standard InChI is InChI=1S/C17H14N2O8S2.2Na/c1-27-12-4-2-11(3-5-12)18-19-16-15(29(24,25)26)9-10-8-13(28(21,22)23)6-7-14(10)17(16)20;;/h2-9,20H,1H3,(H,21,22,23)(H,24,25,26);;/q;2*+1/p-2. The first-order valence-corrected chi connectivity index (χ1v) is 10.6. The number of azo groups is 1. The maximum Gasteiger partial charge on any atom is 1.00 e. The monoisotopic (exact) mass is 482 g/mol. The van der Waals surface area contributed by atoms with Crippen molar-refractivity contribution in [3.63, 3.8) is 0 Å². The van der Waals surface area contributed by atoms with Gasteiger partial charge in [0.15, 0.2) is 5.75 Å². The Kier molecular flexibility index (Phi) is 9.66. The molecule has 0 aliphatic heterocycles. The summed E-state index contributed by atoms with van der Waals surface area (Å²) >= 11 is 0. The van der Waals surface area contributed by atoms with Crippen molar-refractivity contribution in [2.45, 2.75) is 9.79 Å². The van der Waals surface area contributed by atoms with Crippen molar-refractivity contribution in [1.29, 1.82) is 0 Å². The van der Waals surface area contributed by atoms with E-state index in [2.05, 4.69) is 10.2 Å². The molecule has 14 heteroatoms. The second-order valence-corrected chi connectivity index (χ2v) is 8.49. The van der Waals surface area contributed by atoms with Crippen molar-refractivity contribution in [2.24, 2.45) is 10.2 Å². The number of aromatic hydroxyl groups is 1. The summed E-state index contributed by atoms with van der Waals surface area (Å²) in [7, 11) is -8.48. The van der Waals surface area contributed by atoms with Crippen LogP contribution in [0.15, 0.2) is 68.6 Å². The number of fused-ring (bicyclic) bond motifs is 1. The van der Waals surface area contributed by atoms with Gasteiger partial charge in [-0.2, -0.15) is 5.11 Å². The molecule has 10 nitrogen and oxygen atoms in total. The third kappa shape index (κ3) is 6.48. The summed E-state index contributed by atoms with van der Waals surface area (Å²) in [6, 6.07) is 9.90. The summed E-state index contributed by atoms with van der Waals surface area (Å²) < 4.78 is 73.5. The molecule has 0 heterocycles. The molecule has 31 heavy (non-hydrogen) atoms. The largest absolute Gasteiger partial charge is 1.00 e. The Bertz CT molecular complexity index is 1340. The van der Waals surface area contributed by atoms with E-state index in [0.29, 0.717) is 5.75 Å². The van der Waals surface area contributed by atoms with E-state index in [9.17, 15) is 31.0 Å². The molecule has 0 fully saturated rings. The summed E-state index contributed by atoms with van der Waals surface area (Å²) in [5.41, 5.74) is -0.326. The quantitative estimate of drug-likeness (QED) is 0.225. The molecule has 0 bridgehead atoms. The molecule has 0 saturated heterocycles. The Labute approximate surface area is 222 Å². The van der Waals surface area contributed by atoms with Gasteiger partial charge in [-0.05, 0) is 53.9 Å². The molecule has 0 aromatic heterocycles. The Hall–Kier alpha value is -1.06. The third-order valence-electron chi connectivity index (χ3n) is 3.92. The molecule has 3 aromatic carbocycles. The van der Waals surface area contributed by atoms with E-state index in [4.69, 9.17) is 4.74 Å². The van der Waals surface area contributed by atoms with E-state index in [1.807, 2.05) is 0 Å². The molecular formula is C17H12N2Na2O8S2. The van der Waals surface area contributed by atoms with Gasteiger partial charge in [0.1, 0.15) is 31.7 Å². The van der Waals surface area contributed by atoms with E-state index < -0.39 is 41.5 Å². The fourth-order valence-corrected chi connectivity index (χ4v) is 3.68. The number of ether oxygens (including phenoxy) is 1. The van der Waals surface area contributed by atoms with Gasteiger partial charge in [-0.1, -0.05) is 0 Å². The van der Waals surface area contributed by atoms with Gasteiger partial charge in [0.25, 0.3) is 0 Å². The summed E-state index contributed by atoms with van der Waals surface area (Å²) in [5, 5.41) is 17.8. The molecule has 0 saturated carbocycles. The first-order chi connectivity index (χ1) is 13.5. The van der Waals surface area contributed by atoms with Gasteiger partial charge in [-0.15, -0.1) is 5.11 Å². The number of rotatable bonds is 5. The minimum absolute atomic E-state index is 0. The van der Waals surface area contributed by atoms with E-state index >= 15 is 0 Å². The van der Waals surface area contributed by atoms with Gasteiger partial charge in [0.05, 0.1) is 22.6 Å². The van der Waals surface area contributed by atoms with Crippen molar-refractivity contribution >= 4 is 42.4 Å². The SMILES string of the molecule is COc1ccc(N=Nc2c(S(=O)(=O)[O-])cc3cc(S(=O)(=O)[O-])ccc3c2O)cc1.[Na+].[Na+]. The number of hydrogen-bond donors (Lipinski definition) is 1. The number of benzene rings is 3. The molecule has 0 unspecified atom stereocenters. The summed E-state index contributed by atoms with van der Waals surface area (Å²) in [5.74, 6) is -0.159. The van der Waals surface area contributed by atoms with Gasteiger partial charge in [-0.3, -0.25) is 0 Å². The molecule has 1 N–H and O–H groups in total. The van der Waals surface area contributed by atoms with Crippen molar-refractivity contribution in [1.82, 2.24) is 0 Å². The Morgan fingerprint density at radius 1 is 0.871 bits per heavy atom. The summed E-state index contributed by atoms with van der Waals surface area (Å²) in [6.07, 6.45) is 0. The van der Waals surface area contributed by atoms with Crippen LogP contribution in [0.2, 0.25) is 0 Å². The molecular weight excluding hydrogens is 470 g/mol. The second kappa shape index (κ2) is 10.7. The predicted molar refractivity (Wildman–Crippen MR) is 98.7 cm³/mol. The molecule has 3 aromatic rings. The molecule has 0 amide bonds. The Morgan fingerprint density at radius 2 is 1.48 bits per heavy atom. The topological polar surface area (TPSA) is 169 Å². The van der Waals surface area contributed by atoms with E-state index in [-0.39, 0.29) is 75.6 Å². The minimum Gasteiger partial charge on any atom is -0.744 e. The van der Waals surface area contributed by atoms with Crippen molar-refractivity contribution in [2.75, 3.05) is 7.11 Å².